The fourth-order valence-electron chi connectivity index (χ4n) is 3.43. The molecule has 4 heteroatoms. The molecule has 2 bridgehead atoms. The molecule has 2 heterocycles. The molecule has 2 aliphatic rings. The van der Waals surface area contributed by atoms with Gasteiger partial charge in [-0.25, -0.2) is 0 Å². The molecule has 0 saturated carbocycles. The van der Waals surface area contributed by atoms with Gasteiger partial charge in [-0.1, -0.05) is 13.8 Å². The zero-order valence-electron chi connectivity index (χ0n) is 10.7. The number of hydrogen-bond acceptors (Lipinski definition) is 3. The third kappa shape index (κ3) is 2.20. The van der Waals surface area contributed by atoms with Crippen LogP contribution in [0.5, 0.6) is 0 Å². The Bertz CT molecular complexity index is 301. The SMILES string of the molecule is CCC(O)(CC)CN1C2CCC1C(C(=O)O)C2. The standard InChI is InChI=1S/C13H23NO3/c1-3-13(17,4-2)8-14-9-5-6-11(14)10(7-9)12(15)16/h9-11,17H,3-8H2,1-2H3,(H,15,16). The second-order valence-corrected chi connectivity index (χ2v) is 5.58. The van der Waals surface area contributed by atoms with E-state index in [0.29, 0.717) is 12.6 Å². The molecule has 0 radical (unpaired) electrons. The molecule has 0 amide bonds. The van der Waals surface area contributed by atoms with Gasteiger partial charge in [-0.15, -0.1) is 0 Å². The first-order valence-electron chi connectivity index (χ1n) is 6.71. The van der Waals surface area contributed by atoms with Crippen LogP contribution in [0.4, 0.5) is 0 Å². The highest BCUT2D eigenvalue weighted by Gasteiger charge is 2.50. The van der Waals surface area contributed by atoms with Crippen LogP contribution in [0.2, 0.25) is 0 Å². The largest absolute Gasteiger partial charge is 0.481 e. The minimum atomic E-state index is -0.668. The zero-order valence-corrected chi connectivity index (χ0v) is 10.7. The molecule has 4 nitrogen and oxygen atoms in total. The van der Waals surface area contributed by atoms with Crippen LogP contribution in [0.25, 0.3) is 0 Å². The van der Waals surface area contributed by atoms with Gasteiger partial charge in [0, 0.05) is 18.6 Å². The molecule has 3 unspecified atom stereocenters. The third-order valence-electron chi connectivity index (χ3n) is 4.79. The average Bonchev–Trinajstić information content (AvgIpc) is 2.86. The van der Waals surface area contributed by atoms with Gasteiger partial charge >= 0.3 is 5.97 Å². The van der Waals surface area contributed by atoms with Crippen molar-refractivity contribution in [1.29, 1.82) is 0 Å². The quantitative estimate of drug-likeness (QED) is 0.765. The highest BCUT2D eigenvalue weighted by Crippen LogP contribution is 2.42. The number of carboxylic acid groups (broad SMARTS) is 1. The molecule has 0 aromatic carbocycles. The van der Waals surface area contributed by atoms with Crippen LogP contribution in [-0.2, 0) is 4.79 Å². The predicted octanol–water partition coefficient (Wildman–Crippen LogP) is 1.47. The minimum Gasteiger partial charge on any atom is -0.481 e. The van der Waals surface area contributed by atoms with E-state index in [1.165, 1.54) is 0 Å². The molecule has 0 aromatic heterocycles. The van der Waals surface area contributed by atoms with Crippen LogP contribution in [0, 0.1) is 5.92 Å². The summed E-state index contributed by atoms with van der Waals surface area (Å²) in [6.45, 7) is 4.63. The highest BCUT2D eigenvalue weighted by molar-refractivity contribution is 5.71. The second-order valence-electron chi connectivity index (χ2n) is 5.58. The Balaban J connectivity index is 2.06. The van der Waals surface area contributed by atoms with Crippen molar-refractivity contribution in [2.24, 2.45) is 5.92 Å². The first-order valence-corrected chi connectivity index (χ1v) is 6.71. The molecule has 0 aliphatic carbocycles. The lowest BCUT2D eigenvalue weighted by Crippen LogP contribution is -2.45. The summed E-state index contributed by atoms with van der Waals surface area (Å²) in [4.78, 5) is 13.4. The van der Waals surface area contributed by atoms with Gasteiger partial charge in [0.15, 0.2) is 0 Å². The van der Waals surface area contributed by atoms with E-state index in [1.807, 2.05) is 13.8 Å². The van der Waals surface area contributed by atoms with E-state index in [2.05, 4.69) is 4.90 Å². The van der Waals surface area contributed by atoms with E-state index in [1.54, 1.807) is 0 Å². The van der Waals surface area contributed by atoms with Crippen LogP contribution in [-0.4, -0.2) is 45.3 Å². The van der Waals surface area contributed by atoms with Gasteiger partial charge < -0.3 is 10.2 Å². The molecule has 2 saturated heterocycles. The number of aliphatic hydroxyl groups is 1. The third-order valence-corrected chi connectivity index (χ3v) is 4.79. The number of rotatable bonds is 5. The van der Waals surface area contributed by atoms with Crippen LogP contribution in [0.3, 0.4) is 0 Å². The molecule has 2 fully saturated rings. The number of carboxylic acids is 1. The Labute approximate surface area is 103 Å². The van der Waals surface area contributed by atoms with E-state index in [4.69, 9.17) is 0 Å². The van der Waals surface area contributed by atoms with Crippen LogP contribution in [0.1, 0.15) is 46.0 Å². The van der Waals surface area contributed by atoms with E-state index in [0.717, 1.165) is 32.1 Å². The van der Waals surface area contributed by atoms with E-state index in [-0.39, 0.29) is 12.0 Å². The molecule has 0 aromatic rings. The molecule has 98 valence electrons. The summed E-state index contributed by atoms with van der Waals surface area (Å²) in [6.07, 6.45) is 4.31. The van der Waals surface area contributed by atoms with Crippen molar-refractivity contribution in [2.45, 2.75) is 63.6 Å². The maximum atomic E-state index is 11.2. The van der Waals surface area contributed by atoms with Crippen molar-refractivity contribution in [3.63, 3.8) is 0 Å². The smallest absolute Gasteiger partial charge is 0.308 e. The van der Waals surface area contributed by atoms with Crippen molar-refractivity contribution >= 4 is 5.97 Å². The number of nitrogens with zero attached hydrogens (tertiary/aromatic N) is 1. The van der Waals surface area contributed by atoms with Gasteiger partial charge in [0.1, 0.15) is 0 Å². The summed E-state index contributed by atoms with van der Waals surface area (Å²) in [5.41, 5.74) is -0.645. The molecule has 17 heavy (non-hydrogen) atoms. The molecular formula is C13H23NO3. The lowest BCUT2D eigenvalue weighted by molar-refractivity contribution is -0.142. The lowest BCUT2D eigenvalue weighted by Gasteiger charge is -2.33. The van der Waals surface area contributed by atoms with Gasteiger partial charge in [-0.05, 0) is 32.1 Å². The topological polar surface area (TPSA) is 60.8 Å². The Morgan fingerprint density at radius 2 is 2.00 bits per heavy atom. The van der Waals surface area contributed by atoms with Crippen LogP contribution >= 0.6 is 0 Å². The summed E-state index contributed by atoms with van der Waals surface area (Å²) in [7, 11) is 0. The Kier molecular flexibility index (Phi) is 3.46. The van der Waals surface area contributed by atoms with Gasteiger partial charge in [0.2, 0.25) is 0 Å². The number of aliphatic carboxylic acids is 1. The maximum absolute atomic E-state index is 11.2. The van der Waals surface area contributed by atoms with E-state index >= 15 is 0 Å². The molecule has 0 spiro atoms. The fraction of sp³-hybridized carbons (Fsp3) is 0.923. The van der Waals surface area contributed by atoms with Crippen molar-refractivity contribution < 1.29 is 15.0 Å². The zero-order chi connectivity index (χ0) is 12.6. The minimum absolute atomic E-state index is 0.155. The molecule has 3 atom stereocenters. The van der Waals surface area contributed by atoms with Crippen LogP contribution in [0.15, 0.2) is 0 Å². The van der Waals surface area contributed by atoms with Gasteiger partial charge in [0.25, 0.3) is 0 Å². The molecular weight excluding hydrogens is 218 g/mol. The van der Waals surface area contributed by atoms with E-state index in [9.17, 15) is 15.0 Å². The number of hydrogen-bond donors (Lipinski definition) is 2. The monoisotopic (exact) mass is 241 g/mol. The summed E-state index contributed by atoms with van der Waals surface area (Å²) in [6, 6.07) is 0.535. The van der Waals surface area contributed by atoms with Gasteiger partial charge in [-0.3, -0.25) is 9.69 Å². The maximum Gasteiger partial charge on any atom is 0.308 e. The average molecular weight is 241 g/mol. The van der Waals surface area contributed by atoms with Gasteiger partial charge in [0.05, 0.1) is 11.5 Å². The second kappa shape index (κ2) is 4.58. The summed E-state index contributed by atoms with van der Waals surface area (Å²) >= 11 is 0. The summed E-state index contributed by atoms with van der Waals surface area (Å²) < 4.78 is 0. The first-order chi connectivity index (χ1) is 8.00. The van der Waals surface area contributed by atoms with Crippen LogP contribution < -0.4 is 0 Å². The van der Waals surface area contributed by atoms with Crippen molar-refractivity contribution in [2.75, 3.05) is 6.54 Å². The van der Waals surface area contributed by atoms with Crippen molar-refractivity contribution in [3.8, 4) is 0 Å². The Hall–Kier alpha value is -0.610. The Morgan fingerprint density at radius 3 is 2.47 bits per heavy atom. The normalized spacial score (nSPS) is 33.2. The summed E-state index contributed by atoms with van der Waals surface area (Å²) in [5.74, 6) is -0.884. The molecule has 2 aliphatic heterocycles. The van der Waals surface area contributed by atoms with Gasteiger partial charge in [-0.2, -0.15) is 0 Å². The number of fused-ring (bicyclic) bond motifs is 2. The van der Waals surface area contributed by atoms with Crippen molar-refractivity contribution in [3.05, 3.63) is 0 Å². The first kappa shape index (κ1) is 12.8. The lowest BCUT2D eigenvalue weighted by atomic mass is 9.89. The highest BCUT2D eigenvalue weighted by atomic mass is 16.4. The molecule has 2 rings (SSSR count). The molecule has 2 N–H and O–H groups in total. The van der Waals surface area contributed by atoms with Crippen molar-refractivity contribution in [1.82, 2.24) is 4.90 Å². The Morgan fingerprint density at radius 1 is 1.35 bits per heavy atom. The summed E-state index contributed by atoms with van der Waals surface area (Å²) in [5, 5.41) is 19.6. The number of carbonyl (C=O) groups is 1. The fourth-order valence-corrected chi connectivity index (χ4v) is 3.43. The van der Waals surface area contributed by atoms with E-state index < -0.39 is 11.6 Å². The predicted molar refractivity (Wildman–Crippen MR) is 64.8 cm³/mol.